The number of aliphatic hydroxyl groups is 1. The quantitative estimate of drug-likeness (QED) is 0.389. The van der Waals surface area contributed by atoms with Crippen molar-refractivity contribution in [2.24, 2.45) is 10.2 Å². The molecule has 2 rings (SSSR count). The fraction of sp³-hybridized carbons (Fsp3) is 0.0625. The van der Waals surface area contributed by atoms with Crippen molar-refractivity contribution in [1.82, 2.24) is 0 Å². The minimum absolute atomic E-state index is 0.227. The van der Waals surface area contributed by atoms with Gasteiger partial charge in [0, 0.05) is 5.56 Å². The summed E-state index contributed by atoms with van der Waals surface area (Å²) >= 11 is 0. The van der Waals surface area contributed by atoms with Gasteiger partial charge in [0.2, 0.25) is 5.78 Å². The Kier molecular flexibility index (Phi) is 4.98. The number of ether oxygens (including phenoxy) is 1. The predicted molar refractivity (Wildman–Crippen MR) is 79.0 cm³/mol. The number of hydrogen-bond acceptors (Lipinski definition) is 5. The number of allylic oxidation sites excluding steroid dienone is 1. The van der Waals surface area contributed by atoms with Crippen molar-refractivity contribution in [2.75, 3.05) is 7.11 Å². The first-order valence-electron chi connectivity index (χ1n) is 6.34. The molecule has 6 heteroatoms. The molecule has 5 nitrogen and oxygen atoms in total. The number of nitrogens with zero attached hydrogens (tertiary/aromatic N) is 2. The second-order valence-electron chi connectivity index (χ2n) is 4.25. The van der Waals surface area contributed by atoms with Crippen LogP contribution in [-0.4, -0.2) is 18.0 Å². The number of carbonyl (C=O) groups is 1. The van der Waals surface area contributed by atoms with Gasteiger partial charge in [-0.15, -0.1) is 5.11 Å². The normalized spacial score (nSPS) is 11.6. The van der Waals surface area contributed by atoms with Crippen molar-refractivity contribution < 1.29 is 19.0 Å². The van der Waals surface area contributed by atoms with Gasteiger partial charge in [0.25, 0.3) is 0 Å². The summed E-state index contributed by atoms with van der Waals surface area (Å²) in [6, 6.07) is 11.6. The molecule has 0 aliphatic rings. The lowest BCUT2D eigenvalue weighted by Crippen LogP contribution is -2.01. The summed E-state index contributed by atoms with van der Waals surface area (Å²) in [7, 11) is 1.52. The van der Waals surface area contributed by atoms with Crippen LogP contribution in [0, 0.1) is 5.82 Å². The van der Waals surface area contributed by atoms with Crippen LogP contribution in [0.25, 0.3) is 0 Å². The number of halogens is 1. The van der Waals surface area contributed by atoms with Crippen molar-refractivity contribution in [3.05, 3.63) is 71.9 Å². The fourth-order valence-corrected chi connectivity index (χ4v) is 1.64. The molecule has 112 valence electrons. The molecule has 0 heterocycles. The highest BCUT2D eigenvalue weighted by molar-refractivity contribution is 6.08. The van der Waals surface area contributed by atoms with E-state index < -0.39 is 11.6 Å². The summed E-state index contributed by atoms with van der Waals surface area (Å²) in [6.45, 7) is 0. The molecule has 0 atom stereocenters. The highest BCUT2D eigenvalue weighted by Gasteiger charge is 2.12. The molecule has 0 radical (unpaired) electrons. The van der Waals surface area contributed by atoms with E-state index in [9.17, 15) is 9.18 Å². The molecule has 0 aliphatic carbocycles. The van der Waals surface area contributed by atoms with Gasteiger partial charge in [-0.2, -0.15) is 5.11 Å². The third kappa shape index (κ3) is 3.76. The maximum atomic E-state index is 12.8. The highest BCUT2D eigenvalue weighted by atomic mass is 19.1. The number of methoxy groups -OCH3 is 1. The Morgan fingerprint density at radius 3 is 2.32 bits per heavy atom. The van der Waals surface area contributed by atoms with Crippen molar-refractivity contribution in [2.45, 2.75) is 0 Å². The summed E-state index contributed by atoms with van der Waals surface area (Å²) in [5.74, 6) is -0.277. The van der Waals surface area contributed by atoms with Gasteiger partial charge in [-0.1, -0.05) is 0 Å². The summed E-state index contributed by atoms with van der Waals surface area (Å²) < 4.78 is 17.8. The highest BCUT2D eigenvalue weighted by Crippen LogP contribution is 2.18. The van der Waals surface area contributed by atoms with Crippen LogP contribution in [-0.2, 0) is 0 Å². The molecular formula is C16H13FN2O3. The van der Waals surface area contributed by atoms with Crippen LogP contribution < -0.4 is 4.74 Å². The van der Waals surface area contributed by atoms with E-state index in [1.54, 1.807) is 24.3 Å². The summed E-state index contributed by atoms with van der Waals surface area (Å²) in [6.07, 6.45) is 0.583. The molecule has 0 saturated carbocycles. The van der Waals surface area contributed by atoms with Gasteiger partial charge in [-0.3, -0.25) is 4.79 Å². The lowest BCUT2D eigenvalue weighted by molar-refractivity contribution is 0.102. The van der Waals surface area contributed by atoms with E-state index in [2.05, 4.69) is 10.2 Å². The first-order valence-corrected chi connectivity index (χ1v) is 6.34. The maximum absolute atomic E-state index is 12.8. The molecule has 0 fully saturated rings. The maximum Gasteiger partial charge on any atom is 0.216 e. The number of azo groups is 1. The van der Waals surface area contributed by atoms with E-state index in [4.69, 9.17) is 9.84 Å². The molecule has 0 aliphatic heterocycles. The molecule has 0 aromatic heterocycles. The van der Waals surface area contributed by atoms with Crippen LogP contribution in [0.3, 0.4) is 0 Å². The van der Waals surface area contributed by atoms with E-state index >= 15 is 0 Å². The van der Waals surface area contributed by atoms with Crippen LogP contribution in [0.1, 0.15) is 10.4 Å². The minimum Gasteiger partial charge on any atom is -0.513 e. The van der Waals surface area contributed by atoms with Crippen molar-refractivity contribution in [3.8, 4) is 5.75 Å². The van der Waals surface area contributed by atoms with E-state index in [1.807, 2.05) is 0 Å². The molecule has 1 N–H and O–H groups in total. The van der Waals surface area contributed by atoms with Crippen molar-refractivity contribution in [1.29, 1.82) is 0 Å². The summed E-state index contributed by atoms with van der Waals surface area (Å²) in [5, 5.41) is 16.6. The Morgan fingerprint density at radius 2 is 1.77 bits per heavy atom. The smallest absolute Gasteiger partial charge is 0.216 e. The number of aliphatic hydroxyl groups excluding tert-OH is 1. The van der Waals surface area contributed by atoms with Crippen LogP contribution in [0.15, 0.2) is 70.7 Å². The van der Waals surface area contributed by atoms with E-state index in [1.165, 1.54) is 31.4 Å². The Labute approximate surface area is 126 Å². The Balaban J connectivity index is 2.16. The number of carbonyl (C=O) groups excluding carboxylic acids is 1. The Morgan fingerprint density at radius 1 is 1.14 bits per heavy atom. The van der Waals surface area contributed by atoms with E-state index in [0.29, 0.717) is 23.3 Å². The van der Waals surface area contributed by atoms with Gasteiger partial charge >= 0.3 is 0 Å². The second-order valence-corrected chi connectivity index (χ2v) is 4.25. The van der Waals surface area contributed by atoms with Crippen LogP contribution in [0.2, 0.25) is 0 Å². The molecule has 0 amide bonds. The van der Waals surface area contributed by atoms with Gasteiger partial charge in [-0.25, -0.2) is 4.39 Å². The minimum atomic E-state index is -0.490. The average Bonchev–Trinajstić information content (AvgIpc) is 2.57. The molecule has 0 saturated heterocycles. The van der Waals surface area contributed by atoms with Gasteiger partial charge < -0.3 is 9.84 Å². The zero-order valence-corrected chi connectivity index (χ0v) is 11.7. The molecule has 0 spiro atoms. The zero-order valence-electron chi connectivity index (χ0n) is 11.7. The van der Waals surface area contributed by atoms with E-state index in [0.717, 1.165) is 0 Å². The second kappa shape index (κ2) is 7.12. The van der Waals surface area contributed by atoms with Crippen molar-refractivity contribution in [3.63, 3.8) is 0 Å². The van der Waals surface area contributed by atoms with Crippen LogP contribution >= 0.6 is 0 Å². The van der Waals surface area contributed by atoms with Gasteiger partial charge in [-0.05, 0) is 48.5 Å². The lowest BCUT2D eigenvalue weighted by Gasteiger charge is -2.02. The van der Waals surface area contributed by atoms with Crippen LogP contribution in [0.4, 0.5) is 10.1 Å². The van der Waals surface area contributed by atoms with Gasteiger partial charge in [0.15, 0.2) is 5.70 Å². The topological polar surface area (TPSA) is 71.2 Å². The summed E-state index contributed by atoms with van der Waals surface area (Å²) in [4.78, 5) is 12.2. The molecule has 2 aromatic carbocycles. The largest absolute Gasteiger partial charge is 0.513 e. The molecule has 0 bridgehead atoms. The molecular weight excluding hydrogens is 287 g/mol. The van der Waals surface area contributed by atoms with Crippen LogP contribution in [0.5, 0.6) is 5.75 Å². The third-order valence-corrected chi connectivity index (χ3v) is 2.81. The number of benzene rings is 2. The Bertz CT molecular complexity index is 707. The van der Waals surface area contributed by atoms with Crippen molar-refractivity contribution >= 4 is 11.5 Å². The molecule has 22 heavy (non-hydrogen) atoms. The van der Waals surface area contributed by atoms with Gasteiger partial charge in [0.1, 0.15) is 17.8 Å². The number of ketones is 1. The number of hydrogen-bond donors (Lipinski definition) is 1. The zero-order chi connectivity index (χ0) is 15.9. The third-order valence-electron chi connectivity index (χ3n) is 2.81. The predicted octanol–water partition coefficient (Wildman–Crippen LogP) is 4.20. The monoisotopic (exact) mass is 300 g/mol. The summed E-state index contributed by atoms with van der Waals surface area (Å²) in [5.41, 5.74) is 0.469. The Hall–Kier alpha value is -3.02. The van der Waals surface area contributed by atoms with Gasteiger partial charge in [0.05, 0.1) is 12.8 Å². The lowest BCUT2D eigenvalue weighted by atomic mass is 10.1. The molecule has 0 unspecified atom stereocenters. The first-order chi connectivity index (χ1) is 10.6. The van der Waals surface area contributed by atoms with E-state index in [-0.39, 0.29) is 5.70 Å². The SMILES string of the molecule is COc1ccc(C(=O)/C(=C/O)N=Nc2ccc(F)cc2)cc1. The average molecular weight is 300 g/mol. The molecule has 2 aromatic rings. The fourth-order valence-electron chi connectivity index (χ4n) is 1.64. The number of rotatable bonds is 5. The standard InChI is InChI=1S/C16H13FN2O3/c1-22-14-8-2-11(3-9-14)16(21)15(10-20)19-18-13-6-4-12(17)5-7-13/h2-10,20H,1H3/b15-10-,19-18?. The first kappa shape index (κ1) is 15.4. The number of Topliss-reactive ketones (excluding diaryl/α,β-unsaturated/α-hetero) is 1.